The van der Waals surface area contributed by atoms with Crippen LogP contribution in [0.4, 0.5) is 0 Å². The summed E-state index contributed by atoms with van der Waals surface area (Å²) in [5.41, 5.74) is 10.1. The molecule has 0 amide bonds. The Morgan fingerprint density at radius 1 is 1.47 bits per heavy atom. The Morgan fingerprint density at radius 3 is 2.87 bits per heavy atom. The fourth-order valence-electron chi connectivity index (χ4n) is 1.06. The molecule has 0 aliphatic heterocycles. The molecule has 0 aromatic heterocycles. The van der Waals surface area contributed by atoms with Gasteiger partial charge in [-0.05, 0) is 36.3 Å². The Labute approximate surface area is 94.7 Å². The molecule has 0 aliphatic rings. The summed E-state index contributed by atoms with van der Waals surface area (Å²) in [4.78, 5) is 0. The predicted octanol–water partition coefficient (Wildman–Crippen LogP) is 1.83. The van der Waals surface area contributed by atoms with Gasteiger partial charge in [-0.15, -0.1) is 0 Å². The number of hydrazone groups is 1. The molecule has 0 aliphatic carbocycles. The average Bonchev–Trinajstić information content (AvgIpc) is 2.20. The van der Waals surface area contributed by atoms with Crippen LogP contribution in [0.2, 0.25) is 0 Å². The van der Waals surface area contributed by atoms with E-state index in [2.05, 4.69) is 35.7 Å². The van der Waals surface area contributed by atoms with E-state index in [0.717, 1.165) is 0 Å². The minimum Gasteiger partial charge on any atom is -0.375 e. The van der Waals surface area contributed by atoms with Crippen molar-refractivity contribution in [3.8, 4) is 0 Å². The van der Waals surface area contributed by atoms with Crippen molar-refractivity contribution in [2.75, 3.05) is 0 Å². The number of hydrogen-bond donors (Lipinski definition) is 2. The molecule has 4 heteroatoms. The van der Waals surface area contributed by atoms with Gasteiger partial charge in [-0.3, -0.25) is 5.43 Å². The molecular weight excluding hydrogens is 206 g/mol. The van der Waals surface area contributed by atoms with Crippen LogP contribution in [0.1, 0.15) is 11.1 Å². The second-order valence-corrected chi connectivity index (χ2v) is 3.41. The smallest absolute Gasteiger partial charge is 0.184 e. The summed E-state index contributed by atoms with van der Waals surface area (Å²) in [6, 6.07) is 8.11. The standard InChI is InChI=1S/C11H13N3S/c1-9-5-2-3-6-10(9)7-4-8-13-14-11(12)15/h2-8H,1H3,(H3,12,14,15)/b7-4+,13-8+. The van der Waals surface area contributed by atoms with E-state index in [1.165, 1.54) is 11.1 Å². The Balaban J connectivity index is 2.55. The Bertz CT molecular complexity index is 397. The lowest BCUT2D eigenvalue weighted by atomic mass is 10.1. The molecule has 1 aromatic rings. The van der Waals surface area contributed by atoms with Crippen LogP contribution in [0.3, 0.4) is 0 Å². The van der Waals surface area contributed by atoms with Gasteiger partial charge >= 0.3 is 0 Å². The molecule has 3 nitrogen and oxygen atoms in total. The van der Waals surface area contributed by atoms with Crippen molar-refractivity contribution in [2.24, 2.45) is 10.8 Å². The van der Waals surface area contributed by atoms with Crippen molar-refractivity contribution < 1.29 is 0 Å². The van der Waals surface area contributed by atoms with Gasteiger partial charge in [0.05, 0.1) is 0 Å². The van der Waals surface area contributed by atoms with Crippen LogP contribution in [0, 0.1) is 6.92 Å². The van der Waals surface area contributed by atoms with Crippen molar-refractivity contribution in [1.29, 1.82) is 0 Å². The summed E-state index contributed by atoms with van der Waals surface area (Å²) >= 11 is 4.59. The number of hydrogen-bond acceptors (Lipinski definition) is 2. The van der Waals surface area contributed by atoms with Crippen molar-refractivity contribution >= 4 is 29.6 Å². The van der Waals surface area contributed by atoms with Crippen LogP contribution in [0.25, 0.3) is 6.08 Å². The zero-order chi connectivity index (χ0) is 11.1. The molecule has 78 valence electrons. The van der Waals surface area contributed by atoms with E-state index < -0.39 is 0 Å². The average molecular weight is 219 g/mol. The first-order chi connectivity index (χ1) is 7.20. The zero-order valence-electron chi connectivity index (χ0n) is 8.47. The summed E-state index contributed by atoms with van der Waals surface area (Å²) in [5, 5.41) is 3.95. The van der Waals surface area contributed by atoms with Gasteiger partial charge in [0.15, 0.2) is 5.11 Å². The number of nitrogens with two attached hydrogens (primary N) is 1. The molecule has 15 heavy (non-hydrogen) atoms. The molecule has 3 N–H and O–H groups in total. The van der Waals surface area contributed by atoms with Crippen molar-refractivity contribution in [3.05, 3.63) is 41.5 Å². The molecule has 0 saturated heterocycles. The Kier molecular flexibility index (Phi) is 4.50. The van der Waals surface area contributed by atoms with Gasteiger partial charge in [-0.25, -0.2) is 0 Å². The summed E-state index contributed by atoms with van der Waals surface area (Å²) in [6.07, 6.45) is 5.40. The number of rotatable bonds is 3. The number of nitrogens with one attached hydrogen (secondary N) is 1. The normalized spacial score (nSPS) is 11.0. The largest absolute Gasteiger partial charge is 0.375 e. The maximum atomic E-state index is 5.19. The monoisotopic (exact) mass is 219 g/mol. The number of aryl methyl sites for hydroxylation is 1. The second-order valence-electron chi connectivity index (χ2n) is 2.97. The lowest BCUT2D eigenvalue weighted by Gasteiger charge is -1.96. The molecule has 0 unspecified atom stereocenters. The first-order valence-corrected chi connectivity index (χ1v) is 4.92. The van der Waals surface area contributed by atoms with E-state index in [-0.39, 0.29) is 5.11 Å². The third-order valence-corrected chi connectivity index (χ3v) is 1.89. The fourth-order valence-corrected chi connectivity index (χ4v) is 1.12. The number of allylic oxidation sites excluding steroid dienone is 1. The van der Waals surface area contributed by atoms with Gasteiger partial charge in [0, 0.05) is 6.21 Å². The predicted molar refractivity (Wildman–Crippen MR) is 68.6 cm³/mol. The van der Waals surface area contributed by atoms with E-state index in [9.17, 15) is 0 Å². The lowest BCUT2D eigenvalue weighted by molar-refractivity contribution is 1.04. The van der Waals surface area contributed by atoms with Crippen molar-refractivity contribution in [3.63, 3.8) is 0 Å². The number of thiocarbonyl (C=S) groups is 1. The van der Waals surface area contributed by atoms with Crippen LogP contribution >= 0.6 is 12.2 Å². The van der Waals surface area contributed by atoms with Crippen LogP contribution in [0.15, 0.2) is 35.4 Å². The summed E-state index contributed by atoms with van der Waals surface area (Å²) in [6.45, 7) is 2.06. The van der Waals surface area contributed by atoms with Crippen molar-refractivity contribution in [2.45, 2.75) is 6.92 Å². The van der Waals surface area contributed by atoms with Gasteiger partial charge in [0.2, 0.25) is 0 Å². The molecule has 0 saturated carbocycles. The minimum absolute atomic E-state index is 0.163. The summed E-state index contributed by atoms with van der Waals surface area (Å²) in [5.74, 6) is 0. The third kappa shape index (κ3) is 4.37. The highest BCUT2D eigenvalue weighted by atomic mass is 32.1. The first-order valence-electron chi connectivity index (χ1n) is 4.51. The Morgan fingerprint density at radius 2 is 2.20 bits per heavy atom. The molecule has 1 aromatic carbocycles. The maximum Gasteiger partial charge on any atom is 0.184 e. The molecular formula is C11H13N3S. The fraction of sp³-hybridized carbons (Fsp3) is 0.0909. The SMILES string of the molecule is Cc1ccccc1/C=C/C=N/NC(N)=S. The minimum atomic E-state index is 0.163. The summed E-state index contributed by atoms with van der Waals surface area (Å²) in [7, 11) is 0. The Hall–Kier alpha value is -1.68. The molecule has 0 bridgehead atoms. The third-order valence-electron chi connectivity index (χ3n) is 1.80. The van der Waals surface area contributed by atoms with Gasteiger partial charge in [-0.1, -0.05) is 30.3 Å². The molecule has 0 atom stereocenters. The first kappa shape index (κ1) is 11.4. The zero-order valence-corrected chi connectivity index (χ0v) is 9.29. The van der Waals surface area contributed by atoms with E-state index in [4.69, 9.17) is 5.73 Å². The van der Waals surface area contributed by atoms with E-state index >= 15 is 0 Å². The van der Waals surface area contributed by atoms with Gasteiger partial charge in [-0.2, -0.15) is 5.10 Å². The van der Waals surface area contributed by atoms with Crippen LogP contribution in [-0.4, -0.2) is 11.3 Å². The molecule has 0 fully saturated rings. The molecule has 0 spiro atoms. The molecule has 1 rings (SSSR count). The second kappa shape index (κ2) is 5.93. The van der Waals surface area contributed by atoms with E-state index in [1.54, 1.807) is 6.21 Å². The highest BCUT2D eigenvalue weighted by Crippen LogP contribution is 2.07. The molecule has 0 radical (unpaired) electrons. The highest BCUT2D eigenvalue weighted by molar-refractivity contribution is 7.80. The van der Waals surface area contributed by atoms with E-state index in [1.807, 2.05) is 30.4 Å². The topological polar surface area (TPSA) is 50.4 Å². The van der Waals surface area contributed by atoms with Gasteiger partial charge in [0.1, 0.15) is 0 Å². The van der Waals surface area contributed by atoms with Crippen LogP contribution in [-0.2, 0) is 0 Å². The van der Waals surface area contributed by atoms with E-state index in [0.29, 0.717) is 0 Å². The summed E-state index contributed by atoms with van der Waals surface area (Å²) < 4.78 is 0. The van der Waals surface area contributed by atoms with Gasteiger partial charge < -0.3 is 5.73 Å². The number of benzene rings is 1. The molecule has 0 heterocycles. The maximum absolute atomic E-state index is 5.19. The van der Waals surface area contributed by atoms with Crippen molar-refractivity contribution in [1.82, 2.24) is 5.43 Å². The quantitative estimate of drug-likeness (QED) is 0.463. The lowest BCUT2D eigenvalue weighted by Crippen LogP contribution is -2.23. The highest BCUT2D eigenvalue weighted by Gasteiger charge is 1.88. The van der Waals surface area contributed by atoms with Crippen LogP contribution < -0.4 is 11.2 Å². The number of nitrogens with zero attached hydrogens (tertiary/aromatic N) is 1. The van der Waals surface area contributed by atoms with Gasteiger partial charge in [0.25, 0.3) is 0 Å². The van der Waals surface area contributed by atoms with Crippen LogP contribution in [0.5, 0.6) is 0 Å².